The van der Waals surface area contributed by atoms with E-state index in [4.69, 9.17) is 0 Å². The van der Waals surface area contributed by atoms with E-state index in [1.807, 2.05) is 6.92 Å². The molecule has 0 aliphatic rings. The van der Waals surface area contributed by atoms with E-state index < -0.39 is 10.0 Å². The minimum Gasteiger partial charge on any atom is -0.279 e. The highest BCUT2D eigenvalue weighted by molar-refractivity contribution is 9.10. The molecule has 5 heteroatoms. The van der Waals surface area contributed by atoms with E-state index in [2.05, 4.69) is 27.2 Å². The standard InChI is InChI=1S/C15H14BrNO2S/c1-3-12-10-13(16)6-9-15(12)17-20(18,19)14-7-4-11(2)5-8-14/h3-10,17H,1H2,2H3. The van der Waals surface area contributed by atoms with Crippen LogP contribution in [0.2, 0.25) is 0 Å². The Morgan fingerprint density at radius 2 is 1.80 bits per heavy atom. The van der Waals surface area contributed by atoms with Gasteiger partial charge in [-0.1, -0.05) is 46.3 Å². The summed E-state index contributed by atoms with van der Waals surface area (Å²) in [5, 5.41) is 0. The number of anilines is 1. The molecule has 0 fully saturated rings. The van der Waals surface area contributed by atoms with Crippen molar-refractivity contribution in [3.05, 3.63) is 64.6 Å². The topological polar surface area (TPSA) is 46.2 Å². The molecule has 0 saturated heterocycles. The van der Waals surface area contributed by atoms with Gasteiger partial charge in [0.05, 0.1) is 10.6 Å². The molecule has 0 aliphatic carbocycles. The minimum atomic E-state index is -3.59. The lowest BCUT2D eigenvalue weighted by Crippen LogP contribution is -2.13. The van der Waals surface area contributed by atoms with Crippen LogP contribution in [0.25, 0.3) is 6.08 Å². The number of hydrogen-bond donors (Lipinski definition) is 1. The van der Waals surface area contributed by atoms with Crippen molar-refractivity contribution in [2.45, 2.75) is 11.8 Å². The SMILES string of the molecule is C=Cc1cc(Br)ccc1NS(=O)(=O)c1ccc(C)cc1. The summed E-state index contributed by atoms with van der Waals surface area (Å²) < 4.78 is 28.1. The average molecular weight is 352 g/mol. The molecule has 2 aromatic carbocycles. The minimum absolute atomic E-state index is 0.237. The smallest absolute Gasteiger partial charge is 0.261 e. The zero-order chi connectivity index (χ0) is 14.8. The van der Waals surface area contributed by atoms with Crippen molar-refractivity contribution < 1.29 is 8.42 Å². The van der Waals surface area contributed by atoms with Crippen molar-refractivity contribution in [1.29, 1.82) is 0 Å². The highest BCUT2D eigenvalue weighted by Gasteiger charge is 2.15. The highest BCUT2D eigenvalue weighted by Crippen LogP contribution is 2.24. The van der Waals surface area contributed by atoms with Gasteiger partial charge in [-0.05, 0) is 42.8 Å². The van der Waals surface area contributed by atoms with Crippen LogP contribution in [-0.4, -0.2) is 8.42 Å². The summed E-state index contributed by atoms with van der Waals surface area (Å²) in [6.45, 7) is 5.60. The molecule has 0 radical (unpaired) electrons. The first kappa shape index (κ1) is 14.8. The third kappa shape index (κ3) is 3.29. The van der Waals surface area contributed by atoms with Crippen LogP contribution in [0.1, 0.15) is 11.1 Å². The zero-order valence-electron chi connectivity index (χ0n) is 10.9. The molecule has 0 saturated carbocycles. The van der Waals surface area contributed by atoms with Crippen LogP contribution in [-0.2, 0) is 10.0 Å². The molecule has 1 N–H and O–H groups in total. The third-order valence-corrected chi connectivity index (χ3v) is 4.68. The number of aryl methyl sites for hydroxylation is 1. The molecule has 0 aliphatic heterocycles. The number of halogens is 1. The van der Waals surface area contributed by atoms with Crippen molar-refractivity contribution in [1.82, 2.24) is 0 Å². The molecule has 0 heterocycles. The average Bonchev–Trinajstić information content (AvgIpc) is 2.41. The first-order valence-electron chi connectivity index (χ1n) is 5.94. The molecule has 104 valence electrons. The molecule has 0 aromatic heterocycles. The molecular formula is C15H14BrNO2S. The summed E-state index contributed by atoms with van der Waals surface area (Å²) in [5.74, 6) is 0. The van der Waals surface area contributed by atoms with E-state index in [9.17, 15) is 8.42 Å². The molecule has 20 heavy (non-hydrogen) atoms. The summed E-state index contributed by atoms with van der Waals surface area (Å²) in [6.07, 6.45) is 1.61. The van der Waals surface area contributed by atoms with Crippen LogP contribution < -0.4 is 4.72 Å². The van der Waals surface area contributed by atoms with Crippen LogP contribution >= 0.6 is 15.9 Å². The Bertz CT molecular complexity index is 737. The Morgan fingerprint density at radius 1 is 1.15 bits per heavy atom. The predicted molar refractivity (Wildman–Crippen MR) is 86.2 cm³/mol. The Labute approximate surface area is 127 Å². The quantitative estimate of drug-likeness (QED) is 0.896. The maximum absolute atomic E-state index is 12.3. The lowest BCUT2D eigenvalue weighted by Gasteiger charge is -2.11. The second-order valence-corrected chi connectivity index (χ2v) is 6.95. The Morgan fingerprint density at radius 3 is 2.40 bits per heavy atom. The highest BCUT2D eigenvalue weighted by atomic mass is 79.9. The van der Waals surface area contributed by atoms with Gasteiger partial charge in [0.2, 0.25) is 0 Å². The monoisotopic (exact) mass is 351 g/mol. The first-order valence-corrected chi connectivity index (χ1v) is 8.21. The summed E-state index contributed by atoms with van der Waals surface area (Å²) in [4.78, 5) is 0.237. The van der Waals surface area contributed by atoms with Crippen LogP contribution in [0.3, 0.4) is 0 Å². The number of nitrogens with one attached hydrogen (secondary N) is 1. The molecule has 2 rings (SSSR count). The molecule has 0 unspecified atom stereocenters. The van der Waals surface area contributed by atoms with Crippen LogP contribution in [0, 0.1) is 6.92 Å². The molecule has 0 amide bonds. The van der Waals surface area contributed by atoms with Crippen molar-refractivity contribution in [2.75, 3.05) is 4.72 Å². The fraction of sp³-hybridized carbons (Fsp3) is 0.0667. The summed E-state index contributed by atoms with van der Waals surface area (Å²) in [6, 6.07) is 12.0. The van der Waals surface area contributed by atoms with E-state index in [0.29, 0.717) is 5.69 Å². The molecular weight excluding hydrogens is 338 g/mol. The van der Waals surface area contributed by atoms with Crippen molar-refractivity contribution in [2.24, 2.45) is 0 Å². The van der Waals surface area contributed by atoms with E-state index in [-0.39, 0.29) is 4.90 Å². The lowest BCUT2D eigenvalue weighted by molar-refractivity contribution is 0.601. The maximum Gasteiger partial charge on any atom is 0.261 e. The lowest BCUT2D eigenvalue weighted by atomic mass is 10.2. The third-order valence-electron chi connectivity index (χ3n) is 2.81. The predicted octanol–water partition coefficient (Wildman–Crippen LogP) is 4.20. The van der Waals surface area contributed by atoms with E-state index >= 15 is 0 Å². The molecule has 0 spiro atoms. The summed E-state index contributed by atoms with van der Waals surface area (Å²) in [7, 11) is -3.59. The largest absolute Gasteiger partial charge is 0.279 e. The number of hydrogen-bond acceptors (Lipinski definition) is 2. The number of benzene rings is 2. The molecule has 0 bridgehead atoms. The van der Waals surface area contributed by atoms with Crippen molar-refractivity contribution in [3.63, 3.8) is 0 Å². The second kappa shape index (κ2) is 5.81. The normalized spacial score (nSPS) is 11.1. The Kier molecular flexibility index (Phi) is 4.30. The van der Waals surface area contributed by atoms with Gasteiger partial charge in [0.1, 0.15) is 0 Å². The maximum atomic E-state index is 12.3. The second-order valence-electron chi connectivity index (χ2n) is 4.35. The number of rotatable bonds is 4. The Balaban J connectivity index is 2.38. The molecule has 3 nitrogen and oxygen atoms in total. The summed E-state index contributed by atoms with van der Waals surface area (Å²) >= 11 is 3.34. The van der Waals surface area contributed by atoms with Crippen LogP contribution in [0.5, 0.6) is 0 Å². The van der Waals surface area contributed by atoms with E-state index in [0.717, 1.165) is 15.6 Å². The Hall–Kier alpha value is -1.59. The van der Waals surface area contributed by atoms with Crippen LogP contribution in [0.4, 0.5) is 5.69 Å². The molecule has 2 aromatic rings. The van der Waals surface area contributed by atoms with Crippen molar-refractivity contribution >= 4 is 37.7 Å². The molecule has 0 atom stereocenters. The summed E-state index contributed by atoms with van der Waals surface area (Å²) in [5.41, 5.74) is 2.23. The fourth-order valence-electron chi connectivity index (χ4n) is 1.72. The van der Waals surface area contributed by atoms with Gasteiger partial charge >= 0.3 is 0 Å². The van der Waals surface area contributed by atoms with E-state index in [1.165, 1.54) is 0 Å². The van der Waals surface area contributed by atoms with Gasteiger partial charge in [-0.25, -0.2) is 8.42 Å². The van der Waals surface area contributed by atoms with E-state index in [1.54, 1.807) is 48.5 Å². The van der Waals surface area contributed by atoms with Gasteiger partial charge < -0.3 is 0 Å². The van der Waals surface area contributed by atoms with Gasteiger partial charge in [0, 0.05) is 4.47 Å². The number of sulfonamides is 1. The van der Waals surface area contributed by atoms with Gasteiger partial charge in [-0.15, -0.1) is 0 Å². The fourth-order valence-corrected chi connectivity index (χ4v) is 3.18. The van der Waals surface area contributed by atoms with Crippen LogP contribution in [0.15, 0.2) is 58.4 Å². The van der Waals surface area contributed by atoms with Gasteiger partial charge in [-0.2, -0.15) is 0 Å². The zero-order valence-corrected chi connectivity index (χ0v) is 13.3. The van der Waals surface area contributed by atoms with Gasteiger partial charge in [0.15, 0.2) is 0 Å². The first-order chi connectivity index (χ1) is 9.42. The van der Waals surface area contributed by atoms with Gasteiger partial charge in [0.25, 0.3) is 10.0 Å². The van der Waals surface area contributed by atoms with Crippen molar-refractivity contribution in [3.8, 4) is 0 Å². The van der Waals surface area contributed by atoms with Gasteiger partial charge in [-0.3, -0.25) is 4.72 Å².